The number of hydrogen-bond acceptors (Lipinski definition) is 3. The van der Waals surface area contributed by atoms with Gasteiger partial charge in [-0.2, -0.15) is 0 Å². The summed E-state index contributed by atoms with van der Waals surface area (Å²) in [5, 5.41) is 3.64. The fourth-order valence-electron chi connectivity index (χ4n) is 2.19. The minimum Gasteiger partial charge on any atom is -0.468 e. The first kappa shape index (κ1) is 13.4. The van der Waals surface area contributed by atoms with E-state index < -0.39 is 0 Å². The molecule has 0 saturated heterocycles. The van der Waals surface area contributed by atoms with Gasteiger partial charge in [-0.3, -0.25) is 0 Å². The Hall–Kier alpha value is -1.06. The predicted octanol–water partition coefficient (Wildman–Crippen LogP) is 4.32. The summed E-state index contributed by atoms with van der Waals surface area (Å²) in [6.45, 7) is 6.58. The van der Waals surface area contributed by atoms with E-state index in [1.54, 1.807) is 6.26 Å². The molecule has 0 fully saturated rings. The van der Waals surface area contributed by atoms with E-state index in [2.05, 4.69) is 38.2 Å². The van der Waals surface area contributed by atoms with Gasteiger partial charge in [-0.15, -0.1) is 11.3 Å². The maximum absolute atomic E-state index is 5.48. The molecule has 0 spiro atoms. The van der Waals surface area contributed by atoms with Gasteiger partial charge in [0.2, 0.25) is 0 Å². The second-order valence-electron chi connectivity index (χ2n) is 4.76. The van der Waals surface area contributed by atoms with Crippen LogP contribution >= 0.6 is 11.3 Å². The zero-order chi connectivity index (χ0) is 13.0. The van der Waals surface area contributed by atoms with Crippen molar-refractivity contribution in [3.05, 3.63) is 46.0 Å². The lowest BCUT2D eigenvalue weighted by molar-refractivity contribution is 0.372. The Balaban J connectivity index is 1.91. The second kappa shape index (κ2) is 6.21. The first-order valence-electron chi connectivity index (χ1n) is 6.53. The van der Waals surface area contributed by atoms with Crippen molar-refractivity contribution in [2.24, 2.45) is 0 Å². The molecule has 0 saturated carbocycles. The number of rotatable bonds is 6. The molecule has 2 unspecified atom stereocenters. The zero-order valence-electron chi connectivity index (χ0n) is 11.3. The Morgan fingerprint density at radius 3 is 2.72 bits per heavy atom. The summed E-state index contributed by atoms with van der Waals surface area (Å²) in [4.78, 5) is 2.83. The SMILES string of the molecule is CCC(NC(C)Cc1ccc(C)s1)c1ccco1. The highest BCUT2D eigenvalue weighted by Gasteiger charge is 2.15. The summed E-state index contributed by atoms with van der Waals surface area (Å²) in [7, 11) is 0. The van der Waals surface area contributed by atoms with Crippen molar-refractivity contribution in [3.8, 4) is 0 Å². The predicted molar refractivity (Wildman–Crippen MR) is 77.1 cm³/mol. The summed E-state index contributed by atoms with van der Waals surface area (Å²) in [5.41, 5.74) is 0. The fraction of sp³-hybridized carbons (Fsp3) is 0.467. The van der Waals surface area contributed by atoms with Gasteiger partial charge in [-0.25, -0.2) is 0 Å². The van der Waals surface area contributed by atoms with Crippen molar-refractivity contribution >= 4 is 11.3 Å². The van der Waals surface area contributed by atoms with Gasteiger partial charge in [0.1, 0.15) is 5.76 Å². The molecule has 0 aliphatic carbocycles. The molecule has 0 bridgehead atoms. The van der Waals surface area contributed by atoms with Crippen LogP contribution in [-0.2, 0) is 6.42 Å². The monoisotopic (exact) mass is 263 g/mol. The Bertz CT molecular complexity index is 461. The topological polar surface area (TPSA) is 25.2 Å². The van der Waals surface area contributed by atoms with Crippen molar-refractivity contribution in [1.29, 1.82) is 0 Å². The Labute approximate surface area is 113 Å². The highest BCUT2D eigenvalue weighted by molar-refractivity contribution is 7.11. The quantitative estimate of drug-likeness (QED) is 0.839. The van der Waals surface area contributed by atoms with Gasteiger partial charge in [0.15, 0.2) is 0 Å². The molecule has 2 atom stereocenters. The third kappa shape index (κ3) is 3.47. The third-order valence-electron chi connectivity index (χ3n) is 3.08. The standard InChI is InChI=1S/C15H21NOS/c1-4-14(15-6-5-9-17-15)16-11(2)10-13-8-7-12(3)18-13/h5-9,11,14,16H,4,10H2,1-3H3. The lowest BCUT2D eigenvalue weighted by Crippen LogP contribution is -2.31. The molecule has 2 rings (SSSR count). The maximum atomic E-state index is 5.48. The lowest BCUT2D eigenvalue weighted by Gasteiger charge is -2.20. The average molecular weight is 263 g/mol. The van der Waals surface area contributed by atoms with Crippen molar-refractivity contribution in [3.63, 3.8) is 0 Å². The van der Waals surface area contributed by atoms with Crippen LogP contribution in [0.15, 0.2) is 34.9 Å². The van der Waals surface area contributed by atoms with Crippen LogP contribution in [0.2, 0.25) is 0 Å². The summed E-state index contributed by atoms with van der Waals surface area (Å²) < 4.78 is 5.48. The summed E-state index contributed by atoms with van der Waals surface area (Å²) in [5.74, 6) is 1.03. The maximum Gasteiger partial charge on any atom is 0.120 e. The van der Waals surface area contributed by atoms with Gasteiger partial charge in [-0.1, -0.05) is 6.92 Å². The fourth-order valence-corrected chi connectivity index (χ4v) is 3.21. The van der Waals surface area contributed by atoms with E-state index in [1.165, 1.54) is 9.75 Å². The Morgan fingerprint density at radius 2 is 2.17 bits per heavy atom. The van der Waals surface area contributed by atoms with E-state index in [9.17, 15) is 0 Å². The van der Waals surface area contributed by atoms with E-state index in [0.717, 1.165) is 18.6 Å². The highest BCUT2D eigenvalue weighted by Crippen LogP contribution is 2.20. The molecule has 1 N–H and O–H groups in total. The highest BCUT2D eigenvalue weighted by atomic mass is 32.1. The van der Waals surface area contributed by atoms with Gasteiger partial charge in [-0.05, 0) is 51.0 Å². The van der Waals surface area contributed by atoms with E-state index in [1.807, 2.05) is 23.5 Å². The molecule has 0 aliphatic heterocycles. The van der Waals surface area contributed by atoms with Crippen LogP contribution in [0.5, 0.6) is 0 Å². The number of nitrogens with one attached hydrogen (secondary N) is 1. The third-order valence-corrected chi connectivity index (χ3v) is 4.11. The van der Waals surface area contributed by atoms with Crippen LogP contribution in [0.4, 0.5) is 0 Å². The van der Waals surface area contributed by atoms with Crippen molar-refractivity contribution in [2.45, 2.75) is 45.7 Å². The molecule has 0 aromatic carbocycles. The zero-order valence-corrected chi connectivity index (χ0v) is 12.1. The van der Waals surface area contributed by atoms with Gasteiger partial charge in [0, 0.05) is 15.8 Å². The normalized spacial score (nSPS) is 14.6. The lowest BCUT2D eigenvalue weighted by atomic mass is 10.1. The molecular weight excluding hydrogens is 242 g/mol. The van der Waals surface area contributed by atoms with Crippen LogP contribution < -0.4 is 5.32 Å². The van der Waals surface area contributed by atoms with Crippen LogP contribution in [0.3, 0.4) is 0 Å². The Morgan fingerprint density at radius 1 is 1.33 bits per heavy atom. The molecule has 2 aromatic rings. The first-order valence-corrected chi connectivity index (χ1v) is 7.35. The van der Waals surface area contributed by atoms with Crippen molar-refractivity contribution < 1.29 is 4.42 Å². The van der Waals surface area contributed by atoms with Crippen LogP contribution in [0, 0.1) is 6.92 Å². The summed E-state index contributed by atoms with van der Waals surface area (Å²) in [6, 6.07) is 9.19. The molecule has 98 valence electrons. The molecule has 0 aliphatic rings. The Kier molecular flexibility index (Phi) is 4.61. The van der Waals surface area contributed by atoms with Crippen LogP contribution in [-0.4, -0.2) is 6.04 Å². The molecule has 3 heteroatoms. The number of aryl methyl sites for hydroxylation is 1. The molecule has 2 heterocycles. The molecule has 2 aromatic heterocycles. The smallest absolute Gasteiger partial charge is 0.120 e. The number of furan rings is 1. The largest absolute Gasteiger partial charge is 0.468 e. The van der Waals surface area contributed by atoms with Crippen LogP contribution in [0.1, 0.15) is 41.8 Å². The molecule has 0 amide bonds. The number of hydrogen-bond donors (Lipinski definition) is 1. The average Bonchev–Trinajstić information content (AvgIpc) is 2.98. The van der Waals surface area contributed by atoms with E-state index in [-0.39, 0.29) is 0 Å². The molecule has 2 nitrogen and oxygen atoms in total. The van der Waals surface area contributed by atoms with Crippen molar-refractivity contribution in [1.82, 2.24) is 5.32 Å². The van der Waals surface area contributed by atoms with Gasteiger partial charge in [0.25, 0.3) is 0 Å². The van der Waals surface area contributed by atoms with Crippen molar-refractivity contribution in [2.75, 3.05) is 0 Å². The van der Waals surface area contributed by atoms with E-state index >= 15 is 0 Å². The van der Waals surface area contributed by atoms with Gasteiger partial charge >= 0.3 is 0 Å². The minimum atomic E-state index is 0.316. The second-order valence-corrected chi connectivity index (χ2v) is 6.13. The number of thiophene rings is 1. The summed E-state index contributed by atoms with van der Waals surface area (Å²) >= 11 is 1.88. The first-order chi connectivity index (χ1) is 8.69. The van der Waals surface area contributed by atoms with E-state index in [4.69, 9.17) is 4.42 Å². The summed E-state index contributed by atoms with van der Waals surface area (Å²) in [6.07, 6.45) is 3.87. The molecule has 0 radical (unpaired) electrons. The van der Waals surface area contributed by atoms with Gasteiger partial charge < -0.3 is 9.73 Å². The molecular formula is C15H21NOS. The molecule has 18 heavy (non-hydrogen) atoms. The minimum absolute atomic E-state index is 0.316. The van der Waals surface area contributed by atoms with Crippen LogP contribution in [0.25, 0.3) is 0 Å². The van der Waals surface area contributed by atoms with Gasteiger partial charge in [0.05, 0.1) is 12.3 Å². The van der Waals surface area contributed by atoms with E-state index in [0.29, 0.717) is 12.1 Å².